The number of hydrogen-bond acceptors (Lipinski definition) is 4. The van der Waals surface area contributed by atoms with Crippen LogP contribution in [0.2, 0.25) is 0 Å². The molecule has 0 aliphatic rings. The third-order valence-electron chi connectivity index (χ3n) is 3.33. The third kappa shape index (κ3) is 4.05. The lowest BCUT2D eigenvalue weighted by molar-refractivity contribution is -0.119. The molecule has 1 N–H and O–H groups in total. The standard InChI is InChI=1S/C17H20N2O4S/c1-3-23-15-9-11-16(12-10-15)24(21,22)19(13-17(20)18-2)14-7-5-4-6-8-14/h4-12H,3,13H2,1-2H3,(H,18,20). The van der Waals surface area contributed by atoms with Gasteiger partial charge in [-0.05, 0) is 43.3 Å². The molecule has 0 bridgehead atoms. The van der Waals surface area contributed by atoms with E-state index >= 15 is 0 Å². The normalized spacial score (nSPS) is 10.9. The fourth-order valence-electron chi connectivity index (χ4n) is 2.12. The zero-order valence-electron chi connectivity index (χ0n) is 13.6. The van der Waals surface area contributed by atoms with Crippen LogP contribution in [0, 0.1) is 0 Å². The van der Waals surface area contributed by atoms with Crippen LogP contribution < -0.4 is 14.4 Å². The number of carbonyl (C=O) groups is 1. The number of rotatable bonds is 7. The Morgan fingerprint density at radius 1 is 1.08 bits per heavy atom. The first-order valence-corrected chi connectivity index (χ1v) is 8.94. The number of amides is 1. The molecule has 0 saturated carbocycles. The number of carbonyl (C=O) groups excluding carboxylic acids is 1. The first kappa shape index (κ1) is 17.8. The van der Waals surface area contributed by atoms with Gasteiger partial charge in [0.25, 0.3) is 10.0 Å². The van der Waals surface area contributed by atoms with Gasteiger partial charge < -0.3 is 10.1 Å². The Balaban J connectivity index is 2.41. The molecule has 0 spiro atoms. The third-order valence-corrected chi connectivity index (χ3v) is 5.12. The lowest BCUT2D eigenvalue weighted by Crippen LogP contribution is -2.39. The summed E-state index contributed by atoms with van der Waals surface area (Å²) in [6, 6.07) is 14.7. The molecular formula is C17H20N2O4S. The predicted octanol–water partition coefficient (Wildman–Crippen LogP) is 2.03. The molecule has 0 heterocycles. The summed E-state index contributed by atoms with van der Waals surface area (Å²) < 4.78 is 32.3. The molecule has 0 unspecified atom stereocenters. The fraction of sp³-hybridized carbons (Fsp3) is 0.235. The highest BCUT2D eigenvalue weighted by Gasteiger charge is 2.26. The Labute approximate surface area is 142 Å². The number of sulfonamides is 1. The molecule has 2 aromatic rings. The van der Waals surface area contributed by atoms with Crippen LogP contribution in [0.15, 0.2) is 59.5 Å². The molecule has 0 aromatic heterocycles. The van der Waals surface area contributed by atoms with Crippen LogP contribution in [0.25, 0.3) is 0 Å². The Bertz CT molecular complexity index is 774. The van der Waals surface area contributed by atoms with Crippen LogP contribution in [0.5, 0.6) is 5.75 Å². The SMILES string of the molecule is CCOc1ccc(S(=O)(=O)N(CC(=O)NC)c2ccccc2)cc1. The fourth-order valence-corrected chi connectivity index (χ4v) is 3.54. The van der Waals surface area contributed by atoms with Crippen molar-refractivity contribution in [2.75, 3.05) is 24.5 Å². The molecule has 0 aliphatic heterocycles. The summed E-state index contributed by atoms with van der Waals surface area (Å²) in [5.74, 6) is 0.197. The molecule has 2 aromatic carbocycles. The maximum Gasteiger partial charge on any atom is 0.264 e. The summed E-state index contributed by atoms with van der Waals surface area (Å²) in [5.41, 5.74) is 0.426. The van der Waals surface area contributed by atoms with Crippen LogP contribution in [-0.4, -0.2) is 34.5 Å². The number of anilines is 1. The predicted molar refractivity (Wildman–Crippen MR) is 92.7 cm³/mol. The van der Waals surface area contributed by atoms with Gasteiger partial charge >= 0.3 is 0 Å². The smallest absolute Gasteiger partial charge is 0.264 e. The Morgan fingerprint density at radius 2 is 1.71 bits per heavy atom. The maximum atomic E-state index is 13.0. The molecule has 0 atom stereocenters. The largest absolute Gasteiger partial charge is 0.494 e. The molecule has 0 saturated heterocycles. The molecule has 0 aliphatic carbocycles. The Hall–Kier alpha value is -2.54. The molecule has 128 valence electrons. The first-order chi connectivity index (χ1) is 11.5. The van der Waals surface area contributed by atoms with Gasteiger partial charge in [-0.2, -0.15) is 0 Å². The monoisotopic (exact) mass is 348 g/mol. The molecular weight excluding hydrogens is 328 g/mol. The molecule has 1 amide bonds. The number of ether oxygens (including phenoxy) is 1. The Morgan fingerprint density at radius 3 is 2.25 bits per heavy atom. The van der Waals surface area contributed by atoms with Crippen LogP contribution in [0.3, 0.4) is 0 Å². The summed E-state index contributed by atoms with van der Waals surface area (Å²) in [6.07, 6.45) is 0. The summed E-state index contributed by atoms with van der Waals surface area (Å²) in [5, 5.41) is 2.45. The molecule has 24 heavy (non-hydrogen) atoms. The number of nitrogens with one attached hydrogen (secondary N) is 1. The van der Waals surface area contributed by atoms with E-state index in [1.54, 1.807) is 42.5 Å². The lowest BCUT2D eigenvalue weighted by Gasteiger charge is -2.23. The second-order valence-electron chi connectivity index (χ2n) is 4.92. The molecule has 0 radical (unpaired) electrons. The van der Waals surface area contributed by atoms with Crippen molar-refractivity contribution in [1.29, 1.82) is 0 Å². The number of likely N-dealkylation sites (N-methyl/N-ethyl adjacent to an activating group) is 1. The summed E-state index contributed by atoms with van der Waals surface area (Å²) in [4.78, 5) is 11.9. The topological polar surface area (TPSA) is 75.7 Å². The Kier molecular flexibility index (Phi) is 5.81. The lowest BCUT2D eigenvalue weighted by atomic mass is 10.3. The average molecular weight is 348 g/mol. The van der Waals surface area contributed by atoms with E-state index in [-0.39, 0.29) is 11.4 Å². The van der Waals surface area contributed by atoms with Gasteiger partial charge in [-0.25, -0.2) is 8.42 Å². The van der Waals surface area contributed by atoms with E-state index in [1.165, 1.54) is 19.2 Å². The number of para-hydroxylation sites is 1. The highest BCUT2D eigenvalue weighted by atomic mass is 32.2. The van der Waals surface area contributed by atoms with Crippen LogP contribution >= 0.6 is 0 Å². The van der Waals surface area contributed by atoms with Crippen LogP contribution in [0.1, 0.15) is 6.92 Å². The van der Waals surface area contributed by atoms with Gasteiger partial charge in [0.2, 0.25) is 5.91 Å². The van der Waals surface area contributed by atoms with Crippen molar-refractivity contribution in [2.45, 2.75) is 11.8 Å². The average Bonchev–Trinajstić information content (AvgIpc) is 2.60. The van der Waals surface area contributed by atoms with Crippen molar-refractivity contribution in [2.24, 2.45) is 0 Å². The molecule has 6 nitrogen and oxygen atoms in total. The van der Waals surface area contributed by atoms with E-state index in [0.717, 1.165) is 4.31 Å². The van der Waals surface area contributed by atoms with Crippen LogP contribution in [-0.2, 0) is 14.8 Å². The van der Waals surface area contributed by atoms with E-state index in [0.29, 0.717) is 18.0 Å². The summed E-state index contributed by atoms with van der Waals surface area (Å²) in [6.45, 7) is 2.06. The van der Waals surface area contributed by atoms with Crippen molar-refractivity contribution >= 4 is 21.6 Å². The molecule has 0 fully saturated rings. The van der Waals surface area contributed by atoms with Gasteiger partial charge in [0.1, 0.15) is 12.3 Å². The quantitative estimate of drug-likeness (QED) is 0.831. The van der Waals surface area contributed by atoms with Gasteiger partial charge in [0.15, 0.2) is 0 Å². The van der Waals surface area contributed by atoms with Gasteiger partial charge in [-0.15, -0.1) is 0 Å². The molecule has 2 rings (SSSR count). The van der Waals surface area contributed by atoms with E-state index in [1.807, 2.05) is 6.92 Å². The highest BCUT2D eigenvalue weighted by molar-refractivity contribution is 7.92. The second-order valence-corrected chi connectivity index (χ2v) is 6.79. The summed E-state index contributed by atoms with van der Waals surface area (Å²) >= 11 is 0. The number of hydrogen-bond donors (Lipinski definition) is 1. The summed E-state index contributed by atoms with van der Waals surface area (Å²) in [7, 11) is -2.41. The van der Waals surface area contributed by atoms with Gasteiger partial charge in [0.05, 0.1) is 17.2 Å². The number of nitrogens with zero attached hydrogens (tertiary/aromatic N) is 1. The van der Waals surface area contributed by atoms with E-state index in [2.05, 4.69) is 5.32 Å². The highest BCUT2D eigenvalue weighted by Crippen LogP contribution is 2.24. The first-order valence-electron chi connectivity index (χ1n) is 7.50. The van der Waals surface area contributed by atoms with E-state index in [4.69, 9.17) is 4.74 Å². The number of benzene rings is 2. The van der Waals surface area contributed by atoms with Crippen molar-refractivity contribution in [3.8, 4) is 5.75 Å². The van der Waals surface area contributed by atoms with Gasteiger partial charge in [0, 0.05) is 7.05 Å². The minimum atomic E-state index is -3.87. The second kappa shape index (κ2) is 7.83. The van der Waals surface area contributed by atoms with Crippen molar-refractivity contribution in [1.82, 2.24) is 5.32 Å². The van der Waals surface area contributed by atoms with Crippen LogP contribution in [0.4, 0.5) is 5.69 Å². The van der Waals surface area contributed by atoms with Gasteiger partial charge in [-0.1, -0.05) is 18.2 Å². The van der Waals surface area contributed by atoms with E-state index < -0.39 is 15.9 Å². The van der Waals surface area contributed by atoms with Gasteiger partial charge in [-0.3, -0.25) is 9.10 Å². The maximum absolute atomic E-state index is 13.0. The zero-order valence-corrected chi connectivity index (χ0v) is 14.4. The molecule has 7 heteroatoms. The van der Waals surface area contributed by atoms with E-state index in [9.17, 15) is 13.2 Å². The van der Waals surface area contributed by atoms with Crippen molar-refractivity contribution in [3.05, 3.63) is 54.6 Å². The van der Waals surface area contributed by atoms with Crippen molar-refractivity contribution in [3.63, 3.8) is 0 Å². The minimum Gasteiger partial charge on any atom is -0.494 e. The minimum absolute atomic E-state index is 0.0960. The van der Waals surface area contributed by atoms with Crippen molar-refractivity contribution < 1.29 is 17.9 Å². The zero-order chi connectivity index (χ0) is 17.6.